The number of halogens is 2. The predicted octanol–water partition coefficient (Wildman–Crippen LogP) is 4.98. The molecule has 0 unspecified atom stereocenters. The first-order valence-electron chi connectivity index (χ1n) is 12.5. The van der Waals surface area contributed by atoms with E-state index in [1.165, 1.54) is 29.2 Å². The van der Waals surface area contributed by atoms with Crippen molar-refractivity contribution in [3.05, 3.63) is 110 Å². The van der Waals surface area contributed by atoms with Gasteiger partial charge in [0.25, 0.3) is 5.56 Å². The molecule has 0 bridgehead atoms. The second-order valence-electron chi connectivity index (χ2n) is 9.51. The van der Waals surface area contributed by atoms with Crippen molar-refractivity contribution in [2.75, 3.05) is 0 Å². The fourth-order valence-electron chi connectivity index (χ4n) is 5.00. The summed E-state index contributed by atoms with van der Waals surface area (Å²) in [6.45, 7) is 0.0676. The molecule has 0 aliphatic heterocycles. The summed E-state index contributed by atoms with van der Waals surface area (Å²) in [5, 5.41) is 3.68. The SMILES string of the molecule is O=C(Cc1ccc(-n2c(=O)c3ccccc3n(Cc3ccc(F)cc3Cl)c2=O)cc1)NC1CCCCC1. The van der Waals surface area contributed by atoms with Crippen LogP contribution in [0.3, 0.4) is 0 Å². The number of aromatic nitrogens is 2. The molecule has 190 valence electrons. The Kier molecular flexibility index (Phi) is 7.24. The number of nitrogens with zero attached hydrogens (tertiary/aromatic N) is 2. The van der Waals surface area contributed by atoms with Gasteiger partial charge in [0.2, 0.25) is 5.91 Å². The van der Waals surface area contributed by atoms with Crippen molar-refractivity contribution in [2.45, 2.75) is 51.1 Å². The van der Waals surface area contributed by atoms with E-state index in [0.717, 1.165) is 35.8 Å². The van der Waals surface area contributed by atoms with Crippen LogP contribution in [0.5, 0.6) is 0 Å². The monoisotopic (exact) mass is 519 g/mol. The van der Waals surface area contributed by atoms with Gasteiger partial charge in [-0.15, -0.1) is 0 Å². The summed E-state index contributed by atoms with van der Waals surface area (Å²) in [7, 11) is 0. The lowest BCUT2D eigenvalue weighted by atomic mass is 9.95. The zero-order chi connectivity index (χ0) is 25.9. The average Bonchev–Trinajstić information content (AvgIpc) is 2.89. The van der Waals surface area contributed by atoms with Gasteiger partial charge in [-0.25, -0.2) is 13.8 Å². The fraction of sp³-hybridized carbons (Fsp3) is 0.276. The first kappa shape index (κ1) is 25.0. The number of para-hydroxylation sites is 1. The molecule has 1 aromatic heterocycles. The molecular formula is C29H27ClFN3O3. The number of rotatable bonds is 6. The Morgan fingerprint density at radius 2 is 1.70 bits per heavy atom. The molecule has 1 fully saturated rings. The fourth-order valence-corrected chi connectivity index (χ4v) is 5.22. The summed E-state index contributed by atoms with van der Waals surface area (Å²) in [4.78, 5) is 39.5. The minimum atomic E-state index is -0.535. The van der Waals surface area contributed by atoms with Gasteiger partial charge in [0.1, 0.15) is 5.82 Å². The molecule has 6 nitrogen and oxygen atoms in total. The minimum Gasteiger partial charge on any atom is -0.353 e. The van der Waals surface area contributed by atoms with Crippen molar-refractivity contribution < 1.29 is 9.18 Å². The van der Waals surface area contributed by atoms with Gasteiger partial charge in [0, 0.05) is 11.1 Å². The van der Waals surface area contributed by atoms with Gasteiger partial charge in [0.05, 0.1) is 29.6 Å². The predicted molar refractivity (Wildman–Crippen MR) is 143 cm³/mol. The van der Waals surface area contributed by atoms with Crippen LogP contribution in [0.15, 0.2) is 76.3 Å². The van der Waals surface area contributed by atoms with Gasteiger partial charge in [0.15, 0.2) is 0 Å². The smallest absolute Gasteiger partial charge is 0.336 e. The van der Waals surface area contributed by atoms with Crippen molar-refractivity contribution in [3.8, 4) is 5.69 Å². The highest BCUT2D eigenvalue weighted by atomic mass is 35.5. The quantitative estimate of drug-likeness (QED) is 0.390. The van der Waals surface area contributed by atoms with Crippen molar-refractivity contribution in [1.82, 2.24) is 14.5 Å². The van der Waals surface area contributed by atoms with Crippen LogP contribution in [0, 0.1) is 5.82 Å². The van der Waals surface area contributed by atoms with Crippen LogP contribution in [0.25, 0.3) is 16.6 Å². The average molecular weight is 520 g/mol. The first-order valence-corrected chi connectivity index (χ1v) is 12.9. The van der Waals surface area contributed by atoms with Gasteiger partial charge in [-0.05, 0) is 60.4 Å². The van der Waals surface area contributed by atoms with Gasteiger partial charge in [-0.2, -0.15) is 0 Å². The molecule has 37 heavy (non-hydrogen) atoms. The molecule has 0 spiro atoms. The van der Waals surface area contributed by atoms with Crippen LogP contribution in [0.2, 0.25) is 5.02 Å². The first-order chi connectivity index (χ1) is 17.9. The van der Waals surface area contributed by atoms with Gasteiger partial charge >= 0.3 is 5.69 Å². The maximum Gasteiger partial charge on any atom is 0.336 e. The van der Waals surface area contributed by atoms with Gasteiger partial charge in [-0.3, -0.25) is 14.2 Å². The molecule has 0 atom stereocenters. The molecule has 4 aromatic rings. The molecule has 1 aliphatic rings. The molecule has 1 heterocycles. The molecule has 0 saturated heterocycles. The van der Waals surface area contributed by atoms with Crippen LogP contribution in [-0.4, -0.2) is 21.1 Å². The molecule has 8 heteroatoms. The van der Waals surface area contributed by atoms with Crippen molar-refractivity contribution >= 4 is 28.4 Å². The minimum absolute atomic E-state index is 0.0268. The molecule has 1 saturated carbocycles. The maximum absolute atomic E-state index is 13.6. The van der Waals surface area contributed by atoms with E-state index in [1.54, 1.807) is 48.5 Å². The highest BCUT2D eigenvalue weighted by Gasteiger charge is 2.18. The lowest BCUT2D eigenvalue weighted by Crippen LogP contribution is -2.39. The third-order valence-electron chi connectivity index (χ3n) is 6.92. The third-order valence-corrected chi connectivity index (χ3v) is 7.28. The number of fused-ring (bicyclic) bond motifs is 1. The summed E-state index contributed by atoms with van der Waals surface area (Å²) in [5.41, 5.74) is 1.24. The number of carbonyl (C=O) groups is 1. The lowest BCUT2D eigenvalue weighted by Gasteiger charge is -2.22. The Labute approximate surface area is 218 Å². The Morgan fingerprint density at radius 1 is 0.973 bits per heavy atom. The molecule has 0 radical (unpaired) electrons. The van der Waals surface area contributed by atoms with Crippen LogP contribution in [0.4, 0.5) is 4.39 Å². The number of carbonyl (C=O) groups excluding carboxylic acids is 1. The van der Waals surface area contributed by atoms with E-state index in [1.807, 2.05) is 0 Å². The second-order valence-corrected chi connectivity index (χ2v) is 9.92. The number of benzene rings is 3. The zero-order valence-electron chi connectivity index (χ0n) is 20.3. The zero-order valence-corrected chi connectivity index (χ0v) is 21.0. The summed E-state index contributed by atoms with van der Waals surface area (Å²) in [5.74, 6) is -0.496. The number of hydrogen-bond acceptors (Lipinski definition) is 3. The van der Waals surface area contributed by atoms with E-state index in [9.17, 15) is 18.8 Å². The maximum atomic E-state index is 13.6. The van der Waals surface area contributed by atoms with E-state index in [0.29, 0.717) is 22.2 Å². The molecule has 1 amide bonds. The number of nitrogens with one attached hydrogen (secondary N) is 1. The van der Waals surface area contributed by atoms with E-state index in [2.05, 4.69) is 5.32 Å². The topological polar surface area (TPSA) is 73.1 Å². The van der Waals surface area contributed by atoms with E-state index < -0.39 is 17.1 Å². The van der Waals surface area contributed by atoms with Crippen LogP contribution < -0.4 is 16.6 Å². The van der Waals surface area contributed by atoms with Gasteiger partial charge < -0.3 is 5.32 Å². The van der Waals surface area contributed by atoms with Crippen molar-refractivity contribution in [3.63, 3.8) is 0 Å². The summed E-state index contributed by atoms with van der Waals surface area (Å²) in [6.07, 6.45) is 5.78. The van der Waals surface area contributed by atoms with E-state index >= 15 is 0 Å². The standard InChI is InChI=1S/C29H27ClFN3O3/c30-25-17-21(31)13-12-20(25)18-33-26-9-5-4-8-24(26)28(36)34(29(33)37)23-14-10-19(11-15-23)16-27(35)32-22-6-2-1-3-7-22/h4-5,8-15,17,22H,1-3,6-7,16,18H2,(H,32,35). The van der Waals surface area contributed by atoms with Gasteiger partial charge in [-0.1, -0.05) is 61.2 Å². The lowest BCUT2D eigenvalue weighted by molar-refractivity contribution is -0.121. The van der Waals surface area contributed by atoms with Crippen LogP contribution >= 0.6 is 11.6 Å². The van der Waals surface area contributed by atoms with Crippen LogP contribution in [-0.2, 0) is 17.8 Å². The third kappa shape index (κ3) is 5.37. The number of hydrogen-bond donors (Lipinski definition) is 1. The Bertz CT molecular complexity index is 1570. The Balaban J connectivity index is 1.47. The summed E-state index contributed by atoms with van der Waals surface area (Å²) >= 11 is 6.23. The normalized spacial score (nSPS) is 14.1. The highest BCUT2D eigenvalue weighted by molar-refractivity contribution is 6.31. The van der Waals surface area contributed by atoms with E-state index in [4.69, 9.17) is 11.6 Å². The highest BCUT2D eigenvalue weighted by Crippen LogP contribution is 2.20. The molecule has 5 rings (SSSR count). The molecule has 3 aromatic carbocycles. The largest absolute Gasteiger partial charge is 0.353 e. The van der Waals surface area contributed by atoms with E-state index in [-0.39, 0.29) is 29.9 Å². The Hall–Kier alpha value is -3.71. The number of amides is 1. The summed E-state index contributed by atoms with van der Waals surface area (Å²) < 4.78 is 16.1. The van der Waals surface area contributed by atoms with Crippen LogP contribution in [0.1, 0.15) is 43.2 Å². The molecular weight excluding hydrogens is 493 g/mol. The van der Waals surface area contributed by atoms with Crippen molar-refractivity contribution in [1.29, 1.82) is 0 Å². The van der Waals surface area contributed by atoms with Crippen molar-refractivity contribution in [2.24, 2.45) is 0 Å². The Morgan fingerprint density at radius 3 is 2.43 bits per heavy atom. The summed E-state index contributed by atoms with van der Waals surface area (Å²) in [6, 6.07) is 18.0. The molecule has 1 aliphatic carbocycles. The second kappa shape index (κ2) is 10.7. The molecule has 1 N–H and O–H groups in total.